The zero-order valence-electron chi connectivity index (χ0n) is 15.2. The summed E-state index contributed by atoms with van der Waals surface area (Å²) in [6, 6.07) is 7.15. The lowest BCUT2D eigenvalue weighted by Crippen LogP contribution is -2.36. The maximum atomic E-state index is 12.0. The van der Waals surface area contributed by atoms with Gasteiger partial charge in [0.15, 0.2) is 5.82 Å². The molecule has 0 atom stereocenters. The molecule has 0 saturated heterocycles. The summed E-state index contributed by atoms with van der Waals surface area (Å²) >= 11 is 0. The molecule has 25 heavy (non-hydrogen) atoms. The van der Waals surface area contributed by atoms with E-state index in [0.29, 0.717) is 18.1 Å². The Balaban J connectivity index is 1.90. The second kappa shape index (κ2) is 7.92. The maximum absolute atomic E-state index is 12.0. The molecule has 1 heterocycles. The molecule has 0 radical (unpaired) electrons. The molecule has 7 heteroatoms. The van der Waals surface area contributed by atoms with Crippen LogP contribution in [0.25, 0.3) is 11.4 Å². The van der Waals surface area contributed by atoms with Crippen LogP contribution in [0.5, 0.6) is 0 Å². The lowest BCUT2D eigenvalue weighted by molar-refractivity contribution is -0.136. The second-order valence-electron chi connectivity index (χ2n) is 7.22. The van der Waals surface area contributed by atoms with Crippen LogP contribution in [0.1, 0.15) is 33.6 Å². The summed E-state index contributed by atoms with van der Waals surface area (Å²) in [5.41, 5.74) is 1.56. The average Bonchev–Trinajstić information content (AvgIpc) is 2.96. The minimum atomic E-state index is -0.675. The van der Waals surface area contributed by atoms with Crippen molar-refractivity contribution >= 4 is 17.5 Å². The highest BCUT2D eigenvalue weighted by Crippen LogP contribution is 2.20. The van der Waals surface area contributed by atoms with Crippen molar-refractivity contribution in [1.82, 2.24) is 20.1 Å². The lowest BCUT2D eigenvalue weighted by Gasteiger charge is -2.17. The first-order valence-corrected chi connectivity index (χ1v) is 8.30. The van der Waals surface area contributed by atoms with Gasteiger partial charge in [0.25, 0.3) is 0 Å². The fraction of sp³-hybridized carbons (Fsp3) is 0.444. The summed E-state index contributed by atoms with van der Waals surface area (Å²) in [7, 11) is 1.84. The van der Waals surface area contributed by atoms with E-state index < -0.39 is 11.8 Å². The number of hydrogen-bond acceptors (Lipinski definition) is 4. The Morgan fingerprint density at radius 2 is 1.96 bits per heavy atom. The minimum Gasteiger partial charge on any atom is -0.348 e. The van der Waals surface area contributed by atoms with Crippen LogP contribution >= 0.6 is 0 Å². The first kappa shape index (κ1) is 18.6. The third-order valence-electron chi connectivity index (χ3n) is 3.69. The predicted molar refractivity (Wildman–Crippen MR) is 96.8 cm³/mol. The van der Waals surface area contributed by atoms with Crippen molar-refractivity contribution in [3.05, 3.63) is 30.6 Å². The van der Waals surface area contributed by atoms with E-state index in [1.54, 1.807) is 29.1 Å². The number of carbonyl (C=O) groups is 2. The van der Waals surface area contributed by atoms with Crippen molar-refractivity contribution in [2.45, 2.75) is 33.6 Å². The summed E-state index contributed by atoms with van der Waals surface area (Å²) in [4.78, 5) is 23.9. The Hall–Kier alpha value is -2.70. The molecule has 0 fully saturated rings. The van der Waals surface area contributed by atoms with E-state index in [9.17, 15) is 9.59 Å². The van der Waals surface area contributed by atoms with Gasteiger partial charge in [-0.25, -0.2) is 0 Å². The van der Waals surface area contributed by atoms with Crippen molar-refractivity contribution < 1.29 is 9.59 Å². The fourth-order valence-electron chi connectivity index (χ4n) is 2.37. The highest BCUT2D eigenvalue weighted by Gasteiger charge is 2.15. The van der Waals surface area contributed by atoms with Crippen molar-refractivity contribution in [2.75, 3.05) is 11.9 Å². The SMILES string of the molecule is Cn1cnnc1-c1cccc(NC(=O)C(=O)NCCCC(C)(C)C)c1. The van der Waals surface area contributed by atoms with Gasteiger partial charge in [0.05, 0.1) is 0 Å². The van der Waals surface area contributed by atoms with E-state index in [1.165, 1.54) is 0 Å². The number of rotatable bonds is 5. The summed E-state index contributed by atoms with van der Waals surface area (Å²) < 4.78 is 1.78. The van der Waals surface area contributed by atoms with E-state index in [4.69, 9.17) is 0 Å². The first-order chi connectivity index (χ1) is 11.8. The molecule has 1 aromatic carbocycles. The maximum Gasteiger partial charge on any atom is 0.313 e. The molecule has 2 aromatic rings. The number of aryl methyl sites for hydroxylation is 1. The molecule has 7 nitrogen and oxygen atoms in total. The van der Waals surface area contributed by atoms with Crippen LogP contribution in [0.4, 0.5) is 5.69 Å². The molecule has 0 aliphatic heterocycles. The number of anilines is 1. The predicted octanol–water partition coefficient (Wildman–Crippen LogP) is 2.36. The molecule has 0 aliphatic rings. The Kier molecular flexibility index (Phi) is 5.90. The number of hydrogen-bond donors (Lipinski definition) is 2. The van der Waals surface area contributed by atoms with E-state index >= 15 is 0 Å². The molecular weight excluding hydrogens is 318 g/mol. The lowest BCUT2D eigenvalue weighted by atomic mass is 9.91. The number of amides is 2. The van der Waals surface area contributed by atoms with Crippen LogP contribution in [0.15, 0.2) is 30.6 Å². The van der Waals surface area contributed by atoms with Gasteiger partial charge in [0.2, 0.25) is 0 Å². The van der Waals surface area contributed by atoms with E-state index in [0.717, 1.165) is 18.4 Å². The van der Waals surface area contributed by atoms with E-state index in [2.05, 4.69) is 41.6 Å². The van der Waals surface area contributed by atoms with Crippen molar-refractivity contribution in [2.24, 2.45) is 12.5 Å². The van der Waals surface area contributed by atoms with Crippen molar-refractivity contribution in [3.63, 3.8) is 0 Å². The third-order valence-corrected chi connectivity index (χ3v) is 3.69. The Morgan fingerprint density at radius 1 is 1.20 bits per heavy atom. The molecule has 0 unspecified atom stereocenters. The van der Waals surface area contributed by atoms with Crippen LogP contribution in [0.2, 0.25) is 0 Å². The van der Waals surface area contributed by atoms with Crippen molar-refractivity contribution in [1.29, 1.82) is 0 Å². The summed E-state index contributed by atoms with van der Waals surface area (Å²) in [5, 5.41) is 13.1. The Labute approximate surface area is 147 Å². The number of benzene rings is 1. The molecule has 2 amide bonds. The monoisotopic (exact) mass is 343 g/mol. The average molecular weight is 343 g/mol. The van der Waals surface area contributed by atoms with Gasteiger partial charge in [-0.3, -0.25) is 9.59 Å². The first-order valence-electron chi connectivity index (χ1n) is 8.30. The number of nitrogens with zero attached hydrogens (tertiary/aromatic N) is 3. The zero-order chi connectivity index (χ0) is 18.4. The van der Waals surface area contributed by atoms with Gasteiger partial charge >= 0.3 is 11.8 Å². The van der Waals surface area contributed by atoms with Crippen LogP contribution in [0.3, 0.4) is 0 Å². The summed E-state index contributed by atoms with van der Waals surface area (Å²) in [6.45, 7) is 6.92. The van der Waals surface area contributed by atoms with Gasteiger partial charge in [0, 0.05) is 24.8 Å². The highest BCUT2D eigenvalue weighted by molar-refractivity contribution is 6.39. The quantitative estimate of drug-likeness (QED) is 0.644. The van der Waals surface area contributed by atoms with Gasteiger partial charge in [0.1, 0.15) is 6.33 Å². The molecule has 0 aliphatic carbocycles. The normalized spacial score (nSPS) is 11.2. The molecule has 0 spiro atoms. The fourth-order valence-corrected chi connectivity index (χ4v) is 2.37. The van der Waals surface area contributed by atoms with E-state index in [-0.39, 0.29) is 5.41 Å². The molecule has 2 rings (SSSR count). The van der Waals surface area contributed by atoms with Crippen LogP contribution in [0, 0.1) is 5.41 Å². The summed E-state index contributed by atoms with van der Waals surface area (Å²) in [5.74, 6) is -0.619. The standard InChI is InChI=1S/C18H25N5O2/c1-18(2,3)9-6-10-19-16(24)17(25)21-14-8-5-7-13(11-14)15-22-20-12-23(15)4/h5,7-8,11-12H,6,9-10H2,1-4H3,(H,19,24)(H,21,25). The van der Waals surface area contributed by atoms with Gasteiger partial charge in [-0.05, 0) is 30.4 Å². The van der Waals surface area contributed by atoms with Crippen LogP contribution in [-0.4, -0.2) is 33.1 Å². The van der Waals surface area contributed by atoms with Crippen LogP contribution in [-0.2, 0) is 16.6 Å². The zero-order valence-corrected chi connectivity index (χ0v) is 15.2. The highest BCUT2D eigenvalue weighted by atomic mass is 16.2. The van der Waals surface area contributed by atoms with Gasteiger partial charge in [-0.1, -0.05) is 32.9 Å². The smallest absolute Gasteiger partial charge is 0.313 e. The van der Waals surface area contributed by atoms with Gasteiger partial charge in [-0.15, -0.1) is 10.2 Å². The molecule has 2 N–H and O–H groups in total. The van der Waals surface area contributed by atoms with Gasteiger partial charge in [-0.2, -0.15) is 0 Å². The van der Waals surface area contributed by atoms with Gasteiger partial charge < -0.3 is 15.2 Å². The van der Waals surface area contributed by atoms with Crippen LogP contribution < -0.4 is 10.6 Å². The summed E-state index contributed by atoms with van der Waals surface area (Å²) in [6.07, 6.45) is 3.42. The minimum absolute atomic E-state index is 0.216. The topological polar surface area (TPSA) is 88.9 Å². The van der Waals surface area contributed by atoms with E-state index in [1.807, 2.05) is 13.1 Å². The Morgan fingerprint density at radius 3 is 2.60 bits per heavy atom. The largest absolute Gasteiger partial charge is 0.348 e. The molecule has 0 saturated carbocycles. The number of carbonyl (C=O) groups excluding carboxylic acids is 2. The number of nitrogens with one attached hydrogen (secondary N) is 2. The Bertz CT molecular complexity index is 746. The molecule has 0 bridgehead atoms. The third kappa shape index (κ3) is 5.70. The molecular formula is C18H25N5O2. The molecule has 134 valence electrons. The van der Waals surface area contributed by atoms with Crippen molar-refractivity contribution in [3.8, 4) is 11.4 Å². The second-order valence-corrected chi connectivity index (χ2v) is 7.22. The molecule has 1 aromatic heterocycles. The number of aromatic nitrogens is 3.